The molecule has 0 fully saturated rings. The third kappa shape index (κ3) is 5.09. The number of nitrogens with zero attached hydrogens (tertiary/aromatic N) is 3. The van der Waals surface area contributed by atoms with Crippen LogP contribution in [0.5, 0.6) is 0 Å². The molecule has 0 bridgehead atoms. The van der Waals surface area contributed by atoms with Crippen LogP contribution in [0.2, 0.25) is 0 Å². The standard InChI is InChI=1S/C12H14N4O2S/c17-12(18-8-6-11-13-15-16-14-11)7-9-19-10-4-2-1-3-5-10/h1-5H,6-9H2,(H,13,14,15,16). The first-order valence-electron chi connectivity index (χ1n) is 5.90. The highest BCUT2D eigenvalue weighted by molar-refractivity contribution is 7.99. The van der Waals surface area contributed by atoms with E-state index in [0.717, 1.165) is 4.90 Å². The second-order valence-corrected chi connectivity index (χ2v) is 4.88. The minimum Gasteiger partial charge on any atom is -0.465 e. The van der Waals surface area contributed by atoms with Gasteiger partial charge in [-0.3, -0.25) is 4.79 Å². The molecule has 7 heteroatoms. The minimum atomic E-state index is -0.202. The third-order valence-electron chi connectivity index (χ3n) is 2.30. The molecular formula is C12H14N4O2S. The molecule has 0 atom stereocenters. The van der Waals surface area contributed by atoms with Crippen LogP contribution < -0.4 is 0 Å². The van der Waals surface area contributed by atoms with Gasteiger partial charge < -0.3 is 4.74 Å². The number of H-pyrrole nitrogens is 1. The largest absolute Gasteiger partial charge is 0.465 e. The van der Waals surface area contributed by atoms with Gasteiger partial charge in [0, 0.05) is 17.1 Å². The Labute approximate surface area is 114 Å². The smallest absolute Gasteiger partial charge is 0.306 e. The van der Waals surface area contributed by atoms with Gasteiger partial charge in [0.1, 0.15) is 0 Å². The summed E-state index contributed by atoms with van der Waals surface area (Å²) in [6.07, 6.45) is 0.875. The monoisotopic (exact) mass is 278 g/mol. The van der Waals surface area contributed by atoms with Gasteiger partial charge in [-0.05, 0) is 12.1 Å². The Morgan fingerprint density at radius 3 is 2.89 bits per heavy atom. The van der Waals surface area contributed by atoms with Crippen LogP contribution in [0.1, 0.15) is 12.2 Å². The van der Waals surface area contributed by atoms with Crippen LogP contribution >= 0.6 is 11.8 Å². The number of tetrazole rings is 1. The summed E-state index contributed by atoms with van der Waals surface area (Å²) in [6.45, 7) is 0.286. The molecule has 0 spiro atoms. The Morgan fingerprint density at radius 2 is 2.16 bits per heavy atom. The number of aromatic nitrogens is 4. The number of esters is 1. The Hall–Kier alpha value is -1.89. The number of aromatic amines is 1. The van der Waals surface area contributed by atoms with Gasteiger partial charge in [0.2, 0.25) is 0 Å². The van der Waals surface area contributed by atoms with Crippen molar-refractivity contribution in [2.45, 2.75) is 17.7 Å². The molecule has 0 aliphatic carbocycles. The molecule has 0 aliphatic heterocycles. The van der Waals surface area contributed by atoms with Crippen LogP contribution in [-0.2, 0) is 16.0 Å². The molecule has 19 heavy (non-hydrogen) atoms. The van der Waals surface area contributed by atoms with E-state index < -0.39 is 0 Å². The average Bonchev–Trinajstić information content (AvgIpc) is 2.93. The van der Waals surface area contributed by atoms with Crippen LogP contribution in [0.4, 0.5) is 0 Å². The first kappa shape index (κ1) is 13.5. The molecule has 0 radical (unpaired) electrons. The number of rotatable bonds is 7. The van der Waals surface area contributed by atoms with Crippen molar-refractivity contribution in [2.75, 3.05) is 12.4 Å². The Kier molecular flexibility index (Phi) is 5.36. The Morgan fingerprint density at radius 1 is 1.32 bits per heavy atom. The van der Waals surface area contributed by atoms with E-state index in [4.69, 9.17) is 4.74 Å². The van der Waals surface area contributed by atoms with Gasteiger partial charge in [0.25, 0.3) is 0 Å². The summed E-state index contributed by atoms with van der Waals surface area (Å²) in [4.78, 5) is 12.6. The molecule has 6 nitrogen and oxygen atoms in total. The van der Waals surface area contributed by atoms with Crippen molar-refractivity contribution >= 4 is 17.7 Å². The summed E-state index contributed by atoms with van der Waals surface area (Å²) < 4.78 is 5.08. The summed E-state index contributed by atoms with van der Waals surface area (Å²) >= 11 is 1.64. The maximum absolute atomic E-state index is 11.5. The zero-order chi connectivity index (χ0) is 13.3. The second kappa shape index (κ2) is 7.52. The van der Waals surface area contributed by atoms with Crippen molar-refractivity contribution < 1.29 is 9.53 Å². The fourth-order valence-corrected chi connectivity index (χ4v) is 2.24. The molecule has 2 rings (SSSR count). The molecular weight excluding hydrogens is 264 g/mol. The van der Waals surface area contributed by atoms with E-state index >= 15 is 0 Å². The molecule has 0 saturated carbocycles. The van der Waals surface area contributed by atoms with Gasteiger partial charge in [-0.15, -0.1) is 22.0 Å². The molecule has 0 unspecified atom stereocenters. The lowest BCUT2D eigenvalue weighted by Crippen LogP contribution is -2.09. The van der Waals surface area contributed by atoms with Gasteiger partial charge in [-0.2, -0.15) is 5.21 Å². The lowest BCUT2D eigenvalue weighted by Gasteiger charge is -2.03. The predicted octanol–water partition coefficient (Wildman–Crippen LogP) is 1.47. The van der Waals surface area contributed by atoms with Crippen molar-refractivity contribution in [3.05, 3.63) is 36.2 Å². The summed E-state index contributed by atoms with van der Waals surface area (Å²) in [5.41, 5.74) is 0. The number of hydrogen-bond donors (Lipinski definition) is 1. The molecule has 1 aromatic heterocycles. The molecule has 0 amide bonds. The number of carbonyl (C=O) groups is 1. The SMILES string of the molecule is O=C(CCSc1ccccc1)OCCc1nn[nH]n1. The molecule has 1 heterocycles. The van der Waals surface area contributed by atoms with E-state index in [9.17, 15) is 4.79 Å². The molecule has 0 saturated heterocycles. The van der Waals surface area contributed by atoms with Gasteiger partial charge in [0.15, 0.2) is 5.82 Å². The highest BCUT2D eigenvalue weighted by atomic mass is 32.2. The first-order chi connectivity index (χ1) is 9.34. The number of thioether (sulfide) groups is 1. The van der Waals surface area contributed by atoms with Gasteiger partial charge in [-0.25, -0.2) is 0 Å². The summed E-state index contributed by atoms with van der Waals surface area (Å²) in [5, 5.41) is 13.3. The van der Waals surface area contributed by atoms with Crippen LogP contribution in [0.3, 0.4) is 0 Å². The van der Waals surface area contributed by atoms with Crippen LogP contribution in [0, 0.1) is 0 Å². The fourth-order valence-electron chi connectivity index (χ4n) is 1.39. The number of benzene rings is 1. The highest BCUT2D eigenvalue weighted by Gasteiger charge is 2.05. The Bertz CT molecular complexity index is 490. The predicted molar refractivity (Wildman–Crippen MR) is 70.6 cm³/mol. The number of nitrogens with one attached hydrogen (secondary N) is 1. The maximum Gasteiger partial charge on any atom is 0.306 e. The van der Waals surface area contributed by atoms with E-state index in [-0.39, 0.29) is 12.6 Å². The van der Waals surface area contributed by atoms with E-state index in [1.54, 1.807) is 11.8 Å². The summed E-state index contributed by atoms with van der Waals surface area (Å²) in [6, 6.07) is 9.96. The van der Waals surface area contributed by atoms with E-state index in [1.165, 1.54) is 0 Å². The molecule has 0 aliphatic rings. The zero-order valence-electron chi connectivity index (χ0n) is 10.3. The van der Waals surface area contributed by atoms with E-state index in [1.807, 2.05) is 30.3 Å². The topological polar surface area (TPSA) is 80.8 Å². The zero-order valence-corrected chi connectivity index (χ0v) is 11.1. The second-order valence-electron chi connectivity index (χ2n) is 3.71. The molecule has 1 aromatic carbocycles. The van der Waals surface area contributed by atoms with Crippen LogP contribution in [0.25, 0.3) is 0 Å². The average molecular weight is 278 g/mol. The van der Waals surface area contributed by atoms with E-state index in [2.05, 4.69) is 20.6 Å². The van der Waals surface area contributed by atoms with Gasteiger partial charge in [0.05, 0.1) is 13.0 Å². The Balaban J connectivity index is 1.57. The first-order valence-corrected chi connectivity index (χ1v) is 6.89. The quantitative estimate of drug-likeness (QED) is 0.610. The lowest BCUT2D eigenvalue weighted by atomic mass is 10.4. The van der Waals surface area contributed by atoms with Crippen molar-refractivity contribution in [3.63, 3.8) is 0 Å². The van der Waals surface area contributed by atoms with Crippen LogP contribution in [-0.4, -0.2) is 39.0 Å². The van der Waals surface area contributed by atoms with Crippen molar-refractivity contribution in [3.8, 4) is 0 Å². The lowest BCUT2D eigenvalue weighted by molar-refractivity contribution is -0.143. The van der Waals surface area contributed by atoms with Crippen molar-refractivity contribution in [1.82, 2.24) is 20.6 Å². The summed E-state index contributed by atoms with van der Waals surface area (Å²) in [5.74, 6) is 1.06. The normalized spacial score (nSPS) is 10.3. The van der Waals surface area contributed by atoms with Crippen molar-refractivity contribution in [1.29, 1.82) is 0 Å². The maximum atomic E-state index is 11.5. The molecule has 2 aromatic rings. The summed E-state index contributed by atoms with van der Waals surface area (Å²) in [7, 11) is 0. The molecule has 100 valence electrons. The number of carbonyl (C=O) groups excluding carboxylic acids is 1. The van der Waals surface area contributed by atoms with Crippen LogP contribution in [0.15, 0.2) is 35.2 Å². The number of hydrogen-bond acceptors (Lipinski definition) is 6. The minimum absolute atomic E-state index is 0.202. The van der Waals surface area contributed by atoms with E-state index in [0.29, 0.717) is 24.4 Å². The van der Waals surface area contributed by atoms with Crippen molar-refractivity contribution in [2.24, 2.45) is 0 Å². The van der Waals surface area contributed by atoms with Gasteiger partial charge >= 0.3 is 5.97 Å². The third-order valence-corrected chi connectivity index (χ3v) is 3.31. The number of ether oxygens (including phenoxy) is 1. The molecule has 1 N–H and O–H groups in total. The van der Waals surface area contributed by atoms with Gasteiger partial charge in [-0.1, -0.05) is 23.4 Å². The fraction of sp³-hybridized carbons (Fsp3) is 0.333. The highest BCUT2D eigenvalue weighted by Crippen LogP contribution is 2.17.